The van der Waals surface area contributed by atoms with Crippen molar-refractivity contribution in [3.63, 3.8) is 0 Å². The van der Waals surface area contributed by atoms with Crippen LogP contribution in [0.4, 0.5) is 0 Å². The van der Waals surface area contributed by atoms with Gasteiger partial charge in [0, 0.05) is 0 Å². The van der Waals surface area contributed by atoms with Gasteiger partial charge in [-0.05, 0) is 12.5 Å². The van der Waals surface area contributed by atoms with Crippen molar-refractivity contribution < 1.29 is 5.11 Å². The van der Waals surface area contributed by atoms with Crippen molar-refractivity contribution in [3.05, 3.63) is 36.6 Å². The predicted octanol–water partition coefficient (Wildman–Crippen LogP) is 2.58. The van der Waals surface area contributed by atoms with Crippen LogP contribution in [0.5, 0.6) is 0 Å². The molecule has 0 saturated heterocycles. The highest BCUT2D eigenvalue weighted by Gasteiger charge is 1.70. The molecule has 0 radical (unpaired) electrons. The van der Waals surface area contributed by atoms with Crippen LogP contribution in [0.25, 0.3) is 0 Å². The molecule has 0 rings (SSSR count). The van der Waals surface area contributed by atoms with Crippen LogP contribution < -0.4 is 0 Å². The zero-order chi connectivity index (χ0) is 7.11. The first-order valence-corrected chi connectivity index (χ1v) is 2.98. The smallest absolute Gasteiger partial charge is 0.108 e. The minimum Gasteiger partial charge on any atom is -0.509 e. The molecule has 0 amide bonds. The average molecular weight is 124 g/mol. The lowest BCUT2D eigenvalue weighted by Gasteiger charge is -1.79. The number of allylic oxidation sites excluding steroid dienone is 4. The molecule has 0 aromatic carbocycles. The van der Waals surface area contributed by atoms with Gasteiger partial charge in [0.1, 0.15) is 5.76 Å². The van der Waals surface area contributed by atoms with Crippen LogP contribution in [0.1, 0.15) is 13.3 Å². The van der Waals surface area contributed by atoms with E-state index in [-0.39, 0.29) is 5.76 Å². The molecule has 0 bridgehead atoms. The van der Waals surface area contributed by atoms with Crippen LogP contribution in [-0.4, -0.2) is 5.11 Å². The Morgan fingerprint density at radius 1 is 1.56 bits per heavy atom. The lowest BCUT2D eigenvalue weighted by Crippen LogP contribution is -1.64. The van der Waals surface area contributed by atoms with E-state index in [9.17, 15) is 0 Å². The van der Waals surface area contributed by atoms with Gasteiger partial charge in [-0.1, -0.05) is 31.7 Å². The number of rotatable bonds is 3. The van der Waals surface area contributed by atoms with Gasteiger partial charge in [0.2, 0.25) is 0 Å². The summed E-state index contributed by atoms with van der Waals surface area (Å²) < 4.78 is 0. The third-order valence-corrected chi connectivity index (χ3v) is 0.772. The number of hydrogen-bond acceptors (Lipinski definition) is 1. The topological polar surface area (TPSA) is 20.2 Å². The Labute approximate surface area is 56.0 Å². The first-order chi connectivity index (χ1) is 4.27. The molecule has 1 nitrogen and oxygen atoms in total. The maximum Gasteiger partial charge on any atom is 0.108 e. The van der Waals surface area contributed by atoms with E-state index in [1.165, 1.54) is 0 Å². The van der Waals surface area contributed by atoms with E-state index in [1.807, 2.05) is 12.2 Å². The molecule has 0 atom stereocenters. The Hall–Kier alpha value is -0.980. The molecule has 1 heteroatoms. The van der Waals surface area contributed by atoms with Crippen LogP contribution >= 0.6 is 0 Å². The van der Waals surface area contributed by atoms with Gasteiger partial charge in [-0.15, -0.1) is 0 Å². The third kappa shape index (κ3) is 7.02. The minimum atomic E-state index is 0.0933. The molecular weight excluding hydrogens is 112 g/mol. The highest BCUT2D eigenvalue weighted by molar-refractivity contribution is 5.12. The van der Waals surface area contributed by atoms with Crippen LogP contribution in [0, 0.1) is 0 Å². The summed E-state index contributed by atoms with van der Waals surface area (Å²) in [5.74, 6) is 0.0933. The lowest BCUT2D eigenvalue weighted by molar-refractivity contribution is 0.435. The molecule has 0 saturated carbocycles. The van der Waals surface area contributed by atoms with Gasteiger partial charge in [0.15, 0.2) is 0 Å². The largest absolute Gasteiger partial charge is 0.509 e. The molecule has 50 valence electrons. The molecule has 9 heavy (non-hydrogen) atoms. The number of aliphatic hydroxyl groups excluding tert-OH is 1. The van der Waals surface area contributed by atoms with Crippen molar-refractivity contribution in [2.45, 2.75) is 13.3 Å². The van der Waals surface area contributed by atoms with E-state index >= 15 is 0 Å². The summed E-state index contributed by atoms with van der Waals surface area (Å²) >= 11 is 0. The Bertz CT molecular complexity index is 132. The second-order valence-electron chi connectivity index (χ2n) is 1.69. The molecule has 0 unspecified atom stereocenters. The van der Waals surface area contributed by atoms with Crippen LogP contribution in [0.15, 0.2) is 36.6 Å². The first kappa shape index (κ1) is 8.02. The van der Waals surface area contributed by atoms with E-state index in [4.69, 9.17) is 5.11 Å². The Balaban J connectivity index is 3.47. The van der Waals surface area contributed by atoms with Gasteiger partial charge in [-0.25, -0.2) is 0 Å². The fourth-order valence-electron chi connectivity index (χ4n) is 0.381. The Kier molecular flexibility index (Phi) is 4.60. The van der Waals surface area contributed by atoms with E-state index < -0.39 is 0 Å². The average Bonchev–Trinajstić information content (AvgIpc) is 1.80. The van der Waals surface area contributed by atoms with Crippen LogP contribution in [0.3, 0.4) is 0 Å². The van der Waals surface area contributed by atoms with Crippen LogP contribution in [0.2, 0.25) is 0 Å². The predicted molar refractivity (Wildman–Crippen MR) is 40.3 cm³/mol. The molecule has 1 N–H and O–H groups in total. The zero-order valence-electron chi connectivity index (χ0n) is 5.67. The molecule has 0 aliphatic rings. The van der Waals surface area contributed by atoms with Gasteiger partial charge in [-0.2, -0.15) is 0 Å². The van der Waals surface area contributed by atoms with Crippen LogP contribution in [-0.2, 0) is 0 Å². The maximum absolute atomic E-state index is 8.54. The molecule has 0 spiro atoms. The van der Waals surface area contributed by atoms with Crippen molar-refractivity contribution in [2.75, 3.05) is 0 Å². The maximum atomic E-state index is 8.54. The zero-order valence-corrected chi connectivity index (χ0v) is 5.67. The van der Waals surface area contributed by atoms with Gasteiger partial charge < -0.3 is 5.11 Å². The second kappa shape index (κ2) is 5.16. The van der Waals surface area contributed by atoms with Crippen molar-refractivity contribution in [1.29, 1.82) is 0 Å². The van der Waals surface area contributed by atoms with Crippen molar-refractivity contribution in [3.8, 4) is 0 Å². The van der Waals surface area contributed by atoms with Gasteiger partial charge in [0.05, 0.1) is 0 Å². The van der Waals surface area contributed by atoms with E-state index in [2.05, 4.69) is 13.5 Å². The molecule has 0 fully saturated rings. The first-order valence-electron chi connectivity index (χ1n) is 2.98. The monoisotopic (exact) mass is 124 g/mol. The summed E-state index contributed by atoms with van der Waals surface area (Å²) in [5, 5.41) is 8.54. The Morgan fingerprint density at radius 3 is 2.67 bits per heavy atom. The molecule has 0 aromatic heterocycles. The van der Waals surface area contributed by atoms with E-state index in [0.29, 0.717) is 0 Å². The van der Waals surface area contributed by atoms with Gasteiger partial charge in [-0.3, -0.25) is 0 Å². The quantitative estimate of drug-likeness (QED) is 0.453. The molecule has 0 aromatic rings. The fraction of sp³-hybridized carbons (Fsp3) is 0.250. The summed E-state index contributed by atoms with van der Waals surface area (Å²) in [5.41, 5.74) is 0. The van der Waals surface area contributed by atoms with Gasteiger partial charge in [0.25, 0.3) is 0 Å². The SMILES string of the molecule is C=C(O)C=CC=CCC. The van der Waals surface area contributed by atoms with Crippen molar-refractivity contribution in [1.82, 2.24) is 0 Å². The lowest BCUT2D eigenvalue weighted by atomic mass is 10.4. The molecule has 0 heterocycles. The summed E-state index contributed by atoms with van der Waals surface area (Å²) in [4.78, 5) is 0. The highest BCUT2D eigenvalue weighted by Crippen LogP contribution is 1.86. The second-order valence-corrected chi connectivity index (χ2v) is 1.69. The van der Waals surface area contributed by atoms with Gasteiger partial charge >= 0.3 is 0 Å². The number of aliphatic hydroxyl groups is 1. The fourth-order valence-corrected chi connectivity index (χ4v) is 0.381. The van der Waals surface area contributed by atoms with Crippen molar-refractivity contribution in [2.24, 2.45) is 0 Å². The summed E-state index contributed by atoms with van der Waals surface area (Å²) in [6, 6.07) is 0. The van der Waals surface area contributed by atoms with E-state index in [1.54, 1.807) is 12.2 Å². The Morgan fingerprint density at radius 2 is 2.22 bits per heavy atom. The van der Waals surface area contributed by atoms with E-state index in [0.717, 1.165) is 6.42 Å². The number of hydrogen-bond donors (Lipinski definition) is 1. The molecular formula is C8H12O. The summed E-state index contributed by atoms with van der Waals surface area (Å²) in [7, 11) is 0. The minimum absolute atomic E-state index is 0.0933. The van der Waals surface area contributed by atoms with Crippen molar-refractivity contribution >= 4 is 0 Å². The highest BCUT2D eigenvalue weighted by atomic mass is 16.3. The summed E-state index contributed by atoms with van der Waals surface area (Å²) in [6.07, 6.45) is 8.20. The normalized spacial score (nSPS) is 11.2. The molecule has 0 aliphatic heterocycles. The standard InChI is InChI=1S/C8H12O/c1-3-4-5-6-7-8(2)9/h4-7,9H,2-3H2,1H3. The summed E-state index contributed by atoms with van der Waals surface area (Å²) in [6.45, 7) is 5.34. The third-order valence-electron chi connectivity index (χ3n) is 0.772. The molecule has 0 aliphatic carbocycles.